The highest BCUT2D eigenvalue weighted by atomic mass is 19.1. The number of nitrogens with zero attached hydrogens (tertiary/aromatic N) is 2. The Morgan fingerprint density at radius 3 is 2.59 bits per heavy atom. The van der Waals surface area contributed by atoms with Crippen LogP contribution in [0, 0.1) is 34.5 Å². The van der Waals surface area contributed by atoms with Gasteiger partial charge in [-0.15, -0.1) is 0 Å². The fourth-order valence-corrected chi connectivity index (χ4v) is 9.33. The lowest BCUT2D eigenvalue weighted by atomic mass is 9.48. The Bertz CT molecular complexity index is 1460. The van der Waals surface area contributed by atoms with Crippen molar-refractivity contribution in [3.05, 3.63) is 52.6 Å². The molecule has 5 aliphatic rings. The minimum Gasteiger partial charge on any atom is -0.458 e. The fourth-order valence-electron chi connectivity index (χ4n) is 9.33. The van der Waals surface area contributed by atoms with E-state index >= 15 is 4.39 Å². The van der Waals surface area contributed by atoms with Crippen LogP contribution in [0.4, 0.5) is 10.1 Å². The van der Waals surface area contributed by atoms with E-state index in [1.807, 2.05) is 0 Å². The molecule has 1 saturated heterocycles. The normalized spacial score (nSPS) is 33.9. The number of esters is 1. The molecule has 7 nitrogen and oxygen atoms in total. The van der Waals surface area contributed by atoms with Gasteiger partial charge in [0.05, 0.1) is 11.1 Å². The third-order valence-electron chi connectivity index (χ3n) is 11.4. The lowest BCUT2D eigenvalue weighted by molar-refractivity contribution is -0.150. The second-order valence-corrected chi connectivity index (χ2v) is 13.5. The van der Waals surface area contributed by atoms with E-state index in [9.17, 15) is 19.9 Å². The molecular formula is C36H43FN2O5. The smallest absolute Gasteiger partial charge is 0.303 e. The SMILES string of the molecule is CC(=O)OCC(=O)[C@@]1(C#CCO)CC[C@H]2[C@@H]3CC(F)C4=CC(=NO)CCC4=C3[C@@H](c3ccc(N4CCCCC4)cc3)C[C@@]21C. The number of alkyl halides is 1. The average molecular weight is 603 g/mol. The summed E-state index contributed by atoms with van der Waals surface area (Å²) >= 11 is 0. The van der Waals surface area contributed by atoms with Crippen molar-refractivity contribution in [1.82, 2.24) is 0 Å². The van der Waals surface area contributed by atoms with Crippen molar-refractivity contribution in [2.75, 3.05) is 31.2 Å². The summed E-state index contributed by atoms with van der Waals surface area (Å²) in [4.78, 5) is 28.2. The predicted molar refractivity (Wildman–Crippen MR) is 166 cm³/mol. The van der Waals surface area contributed by atoms with E-state index in [1.54, 1.807) is 6.08 Å². The molecule has 0 aromatic heterocycles. The number of anilines is 1. The van der Waals surface area contributed by atoms with Crippen LogP contribution >= 0.6 is 0 Å². The van der Waals surface area contributed by atoms with Crippen LogP contribution in [0.1, 0.15) is 83.1 Å². The minimum atomic E-state index is -1.20. The summed E-state index contributed by atoms with van der Waals surface area (Å²) in [5, 5.41) is 22.6. The van der Waals surface area contributed by atoms with Crippen LogP contribution in [-0.4, -0.2) is 60.3 Å². The number of aliphatic hydroxyl groups excluding tert-OH is 1. The van der Waals surface area contributed by atoms with Crippen LogP contribution in [0.2, 0.25) is 0 Å². The highest BCUT2D eigenvalue weighted by Gasteiger charge is 2.66. The fraction of sp³-hybridized carbons (Fsp3) is 0.583. The molecule has 0 spiro atoms. The zero-order chi connectivity index (χ0) is 31.1. The van der Waals surface area contributed by atoms with Gasteiger partial charge in [-0.05, 0) is 110 Å². The third kappa shape index (κ3) is 5.07. The number of carbonyl (C=O) groups is 2. The van der Waals surface area contributed by atoms with Crippen molar-refractivity contribution in [1.29, 1.82) is 0 Å². The van der Waals surface area contributed by atoms with Crippen LogP contribution in [0.15, 0.2) is 52.2 Å². The molecule has 0 bridgehead atoms. The van der Waals surface area contributed by atoms with Gasteiger partial charge in [0.15, 0.2) is 12.4 Å². The Morgan fingerprint density at radius 1 is 1.16 bits per heavy atom. The Balaban J connectivity index is 1.48. The summed E-state index contributed by atoms with van der Waals surface area (Å²) in [7, 11) is 0. The molecule has 1 aliphatic heterocycles. The third-order valence-corrected chi connectivity index (χ3v) is 11.4. The topological polar surface area (TPSA) is 99.4 Å². The number of Topliss-reactive ketones (excluding diaryl/α,β-unsaturated/α-hetero) is 1. The molecule has 1 unspecified atom stereocenters. The first-order chi connectivity index (χ1) is 21.2. The molecular weight excluding hydrogens is 559 g/mol. The molecule has 1 aromatic rings. The van der Waals surface area contributed by atoms with Crippen molar-refractivity contribution in [2.45, 2.75) is 83.7 Å². The van der Waals surface area contributed by atoms with Gasteiger partial charge in [-0.2, -0.15) is 0 Å². The van der Waals surface area contributed by atoms with E-state index in [0.717, 1.165) is 24.2 Å². The standard InChI is InChI=1S/C36H43FN2O5/c1-23(41)44-22-33(42)36(14-6-18-40)15-13-31-29-20-32(37)28-19-25(38-43)9-12-27(28)34(29)30(21-35(31,36)2)24-7-10-26(11-8-24)39-16-4-3-5-17-39/h7-8,10-11,19,29-32,40,43H,3-5,9,12-13,15-18,20-22H2,1-2H3/t29-,30+,31-,32?,35-,36+/m0/s1. The summed E-state index contributed by atoms with van der Waals surface area (Å²) in [6, 6.07) is 8.80. The van der Waals surface area contributed by atoms with Crippen LogP contribution in [0.25, 0.3) is 0 Å². The first kappa shape index (κ1) is 30.6. The summed E-state index contributed by atoms with van der Waals surface area (Å²) in [5.41, 5.74) is 4.02. The number of carbonyl (C=O) groups excluding carboxylic acids is 2. The zero-order valence-corrected chi connectivity index (χ0v) is 25.8. The number of piperidine rings is 1. The minimum absolute atomic E-state index is 0.00384. The van der Waals surface area contributed by atoms with Crippen LogP contribution in [0.5, 0.6) is 0 Å². The van der Waals surface area contributed by atoms with Crippen molar-refractivity contribution in [3.63, 3.8) is 0 Å². The number of oxime groups is 1. The average Bonchev–Trinajstić information content (AvgIpc) is 3.35. The predicted octanol–water partition coefficient (Wildman–Crippen LogP) is 5.90. The molecule has 0 amide bonds. The number of ether oxygens (including phenoxy) is 1. The molecule has 0 radical (unpaired) electrons. The molecule has 3 fully saturated rings. The largest absolute Gasteiger partial charge is 0.458 e. The highest BCUT2D eigenvalue weighted by molar-refractivity contribution is 5.97. The molecule has 6 atom stereocenters. The first-order valence-corrected chi connectivity index (χ1v) is 16.1. The van der Waals surface area contributed by atoms with E-state index in [-0.39, 0.29) is 36.8 Å². The number of benzene rings is 1. The number of allylic oxidation sites excluding steroid dienone is 4. The molecule has 234 valence electrons. The molecule has 6 rings (SSSR count). The maximum absolute atomic E-state index is 16.1. The quantitative estimate of drug-likeness (QED) is 0.189. The van der Waals surface area contributed by atoms with Crippen LogP contribution < -0.4 is 4.90 Å². The van der Waals surface area contributed by atoms with E-state index in [0.29, 0.717) is 49.8 Å². The van der Waals surface area contributed by atoms with Gasteiger partial charge in [-0.1, -0.05) is 41.6 Å². The number of ketones is 1. The number of hydrogen-bond acceptors (Lipinski definition) is 7. The van der Waals surface area contributed by atoms with Crippen molar-refractivity contribution < 1.29 is 29.0 Å². The van der Waals surface area contributed by atoms with Gasteiger partial charge in [0, 0.05) is 31.6 Å². The summed E-state index contributed by atoms with van der Waals surface area (Å²) in [6.45, 7) is 4.77. The zero-order valence-electron chi connectivity index (χ0n) is 25.8. The lowest BCUT2D eigenvalue weighted by Gasteiger charge is -2.55. The number of hydrogen-bond donors (Lipinski definition) is 2. The highest BCUT2D eigenvalue weighted by Crippen LogP contribution is 2.69. The molecule has 2 saturated carbocycles. The van der Waals surface area contributed by atoms with E-state index in [4.69, 9.17) is 4.74 Å². The van der Waals surface area contributed by atoms with E-state index < -0.39 is 23.0 Å². The van der Waals surface area contributed by atoms with Gasteiger partial charge in [0.2, 0.25) is 0 Å². The Morgan fingerprint density at radius 2 is 1.91 bits per heavy atom. The Kier molecular flexibility index (Phi) is 8.45. The summed E-state index contributed by atoms with van der Waals surface area (Å²) in [5.74, 6) is 5.07. The summed E-state index contributed by atoms with van der Waals surface area (Å²) in [6.07, 6.45) is 7.44. The van der Waals surface area contributed by atoms with E-state index in [2.05, 4.69) is 53.1 Å². The Labute approximate surface area is 259 Å². The maximum Gasteiger partial charge on any atom is 0.303 e. The number of aliphatic hydroxyl groups is 1. The molecule has 4 aliphatic carbocycles. The van der Waals surface area contributed by atoms with Gasteiger partial charge < -0.3 is 20.0 Å². The number of halogens is 1. The first-order valence-electron chi connectivity index (χ1n) is 16.1. The summed E-state index contributed by atoms with van der Waals surface area (Å²) < 4.78 is 21.3. The van der Waals surface area contributed by atoms with Crippen LogP contribution in [0.3, 0.4) is 0 Å². The second kappa shape index (κ2) is 12.2. The molecule has 2 N–H and O–H groups in total. The van der Waals surface area contributed by atoms with Gasteiger partial charge in [0.1, 0.15) is 12.8 Å². The van der Waals surface area contributed by atoms with Crippen molar-refractivity contribution >= 4 is 23.2 Å². The van der Waals surface area contributed by atoms with Crippen molar-refractivity contribution in [3.8, 4) is 11.8 Å². The molecule has 1 heterocycles. The molecule has 8 heteroatoms. The Hall–Kier alpha value is -3.44. The van der Waals surface area contributed by atoms with E-state index in [1.165, 1.54) is 37.4 Å². The second-order valence-electron chi connectivity index (χ2n) is 13.5. The van der Waals surface area contributed by atoms with Crippen molar-refractivity contribution in [2.24, 2.45) is 27.8 Å². The maximum atomic E-state index is 16.1. The number of rotatable bonds is 5. The van der Waals surface area contributed by atoms with Crippen LogP contribution in [-0.2, 0) is 14.3 Å². The van der Waals surface area contributed by atoms with Gasteiger partial charge in [0.25, 0.3) is 0 Å². The van der Waals surface area contributed by atoms with Gasteiger partial charge >= 0.3 is 5.97 Å². The monoisotopic (exact) mass is 602 g/mol. The molecule has 44 heavy (non-hydrogen) atoms. The lowest BCUT2D eigenvalue weighted by Crippen LogP contribution is -2.52. The van der Waals surface area contributed by atoms with Gasteiger partial charge in [-0.3, -0.25) is 9.59 Å². The number of fused-ring (bicyclic) bond motifs is 4. The van der Waals surface area contributed by atoms with Gasteiger partial charge in [-0.25, -0.2) is 4.39 Å². The molecule has 1 aromatic carbocycles.